The Bertz CT molecular complexity index is 1150. The van der Waals surface area contributed by atoms with Crippen LogP contribution in [0.3, 0.4) is 0 Å². The number of benzene rings is 3. The topological polar surface area (TPSA) is 71.0 Å². The Balaban J connectivity index is 1.57. The number of aliphatic imine (C=N–C) groups is 1. The molecule has 8 heteroatoms. The summed E-state index contributed by atoms with van der Waals surface area (Å²) >= 11 is 1.22. The van der Waals surface area contributed by atoms with Crippen molar-refractivity contribution in [1.82, 2.24) is 4.90 Å². The van der Waals surface area contributed by atoms with E-state index in [1.165, 1.54) is 36.0 Å². The Labute approximate surface area is 195 Å². The van der Waals surface area contributed by atoms with Crippen LogP contribution in [-0.4, -0.2) is 34.2 Å². The molecule has 1 saturated heterocycles. The van der Waals surface area contributed by atoms with Crippen LogP contribution in [0.2, 0.25) is 0 Å². The van der Waals surface area contributed by atoms with Gasteiger partial charge in [0, 0.05) is 12.1 Å². The van der Waals surface area contributed by atoms with Crippen molar-refractivity contribution in [3.8, 4) is 5.75 Å². The van der Waals surface area contributed by atoms with Crippen LogP contribution in [-0.2, 0) is 16.1 Å². The maximum Gasteiger partial charge on any atom is 0.238 e. The average Bonchev–Trinajstić information content (AvgIpc) is 2.83. The van der Waals surface area contributed by atoms with Gasteiger partial charge in [0.05, 0.1) is 19.3 Å². The van der Waals surface area contributed by atoms with Crippen LogP contribution in [0, 0.1) is 5.82 Å². The summed E-state index contributed by atoms with van der Waals surface area (Å²) in [5.41, 5.74) is 2.05. The number of nitrogens with zero attached hydrogens (tertiary/aromatic N) is 2. The third kappa shape index (κ3) is 5.78. The van der Waals surface area contributed by atoms with Crippen molar-refractivity contribution in [2.75, 3.05) is 12.4 Å². The number of carbonyl (C=O) groups excluding carboxylic acids is 2. The summed E-state index contributed by atoms with van der Waals surface area (Å²) < 4.78 is 18.5. The second-order valence-electron chi connectivity index (χ2n) is 7.36. The molecule has 6 nitrogen and oxygen atoms in total. The van der Waals surface area contributed by atoms with Gasteiger partial charge in [-0.15, -0.1) is 0 Å². The van der Waals surface area contributed by atoms with Crippen molar-refractivity contribution in [2.45, 2.75) is 18.2 Å². The highest BCUT2D eigenvalue weighted by Gasteiger charge is 2.36. The summed E-state index contributed by atoms with van der Waals surface area (Å²) in [6, 6.07) is 22.2. The number of anilines is 1. The summed E-state index contributed by atoms with van der Waals surface area (Å²) in [5, 5.41) is 2.60. The molecule has 4 rings (SSSR count). The number of rotatable bonds is 6. The van der Waals surface area contributed by atoms with E-state index in [1.54, 1.807) is 36.3 Å². The maximum atomic E-state index is 13.3. The molecular weight excluding hydrogens is 441 g/mol. The number of methoxy groups -OCH3 is 1. The molecule has 1 fully saturated rings. The van der Waals surface area contributed by atoms with Crippen molar-refractivity contribution < 1.29 is 18.7 Å². The van der Waals surface area contributed by atoms with E-state index in [2.05, 4.69) is 10.3 Å². The van der Waals surface area contributed by atoms with Crippen molar-refractivity contribution >= 4 is 40.1 Å². The first-order chi connectivity index (χ1) is 16.0. The molecule has 1 aliphatic heterocycles. The molecule has 1 N–H and O–H groups in total. The highest BCUT2D eigenvalue weighted by Crippen LogP contribution is 2.31. The number of amides is 2. The van der Waals surface area contributed by atoms with Crippen molar-refractivity contribution in [3.63, 3.8) is 0 Å². The molecule has 0 unspecified atom stereocenters. The van der Waals surface area contributed by atoms with E-state index in [4.69, 9.17) is 4.74 Å². The minimum Gasteiger partial charge on any atom is -0.497 e. The zero-order valence-corrected chi connectivity index (χ0v) is 18.7. The number of thioether (sulfide) groups is 1. The maximum absolute atomic E-state index is 13.3. The van der Waals surface area contributed by atoms with Crippen LogP contribution in [0.15, 0.2) is 83.9 Å². The lowest BCUT2D eigenvalue weighted by molar-refractivity contribution is -0.129. The first-order valence-corrected chi connectivity index (χ1v) is 11.2. The number of nitrogens with one attached hydrogen (secondary N) is 1. The molecule has 0 radical (unpaired) electrons. The normalized spacial score (nSPS) is 17.2. The lowest BCUT2D eigenvalue weighted by atomic mass is 10.2. The highest BCUT2D eigenvalue weighted by atomic mass is 32.2. The second kappa shape index (κ2) is 10.3. The van der Waals surface area contributed by atoms with Crippen LogP contribution in [0.5, 0.6) is 5.75 Å². The molecule has 0 spiro atoms. The van der Waals surface area contributed by atoms with Gasteiger partial charge in [-0.25, -0.2) is 9.38 Å². The van der Waals surface area contributed by atoms with Gasteiger partial charge >= 0.3 is 0 Å². The molecular formula is C25H22FN3O3S. The number of ether oxygens (including phenoxy) is 1. The zero-order valence-electron chi connectivity index (χ0n) is 17.9. The van der Waals surface area contributed by atoms with E-state index in [1.807, 2.05) is 30.3 Å². The van der Waals surface area contributed by atoms with Crippen molar-refractivity contribution in [2.24, 2.45) is 4.99 Å². The Morgan fingerprint density at radius 2 is 1.79 bits per heavy atom. The Hall–Kier alpha value is -3.65. The predicted octanol–water partition coefficient (Wildman–Crippen LogP) is 4.99. The number of hydrogen-bond donors (Lipinski definition) is 1. The molecule has 0 aliphatic carbocycles. The molecule has 0 saturated carbocycles. The molecule has 1 heterocycles. The van der Waals surface area contributed by atoms with Gasteiger partial charge in [-0.05, 0) is 54.1 Å². The summed E-state index contributed by atoms with van der Waals surface area (Å²) in [6.07, 6.45) is 0.0436. The quantitative estimate of drug-likeness (QED) is 0.559. The van der Waals surface area contributed by atoms with Gasteiger partial charge in [0.25, 0.3) is 0 Å². The number of hydrogen-bond acceptors (Lipinski definition) is 5. The lowest BCUT2D eigenvalue weighted by Gasteiger charge is -2.32. The average molecular weight is 464 g/mol. The van der Waals surface area contributed by atoms with E-state index in [9.17, 15) is 14.0 Å². The van der Waals surface area contributed by atoms with Crippen LogP contribution in [0.4, 0.5) is 15.8 Å². The monoisotopic (exact) mass is 463 g/mol. The minimum absolute atomic E-state index is 0.0436. The Morgan fingerprint density at radius 3 is 2.45 bits per heavy atom. The van der Waals surface area contributed by atoms with Gasteiger partial charge in [-0.1, -0.05) is 42.1 Å². The molecule has 2 amide bonds. The van der Waals surface area contributed by atoms with Gasteiger partial charge in [-0.2, -0.15) is 0 Å². The van der Waals surface area contributed by atoms with Crippen LogP contribution in [0.1, 0.15) is 12.0 Å². The minimum atomic E-state index is -0.647. The fraction of sp³-hybridized carbons (Fsp3) is 0.160. The van der Waals surface area contributed by atoms with E-state index >= 15 is 0 Å². The number of carbonyl (C=O) groups is 2. The smallest absolute Gasteiger partial charge is 0.238 e. The van der Waals surface area contributed by atoms with E-state index < -0.39 is 5.25 Å². The number of amidine groups is 1. The van der Waals surface area contributed by atoms with Gasteiger partial charge in [0.2, 0.25) is 11.8 Å². The molecule has 1 atom stereocenters. The van der Waals surface area contributed by atoms with E-state index in [0.29, 0.717) is 28.8 Å². The fourth-order valence-corrected chi connectivity index (χ4v) is 4.38. The molecule has 3 aromatic rings. The third-order valence-corrected chi connectivity index (χ3v) is 6.21. The highest BCUT2D eigenvalue weighted by molar-refractivity contribution is 8.15. The fourth-order valence-electron chi connectivity index (χ4n) is 3.29. The van der Waals surface area contributed by atoms with Crippen LogP contribution < -0.4 is 10.1 Å². The molecule has 3 aromatic carbocycles. The molecule has 0 bridgehead atoms. The van der Waals surface area contributed by atoms with E-state index in [0.717, 1.165) is 5.56 Å². The summed E-state index contributed by atoms with van der Waals surface area (Å²) in [5.74, 6) is -0.178. The van der Waals surface area contributed by atoms with Crippen LogP contribution in [0.25, 0.3) is 0 Å². The van der Waals surface area contributed by atoms with Gasteiger partial charge in [0.15, 0.2) is 5.17 Å². The summed E-state index contributed by atoms with van der Waals surface area (Å²) in [4.78, 5) is 32.2. The molecule has 0 aromatic heterocycles. The van der Waals surface area contributed by atoms with E-state index in [-0.39, 0.29) is 24.1 Å². The molecule has 33 heavy (non-hydrogen) atoms. The largest absolute Gasteiger partial charge is 0.497 e. The Morgan fingerprint density at radius 1 is 1.09 bits per heavy atom. The van der Waals surface area contributed by atoms with Crippen molar-refractivity contribution in [1.29, 1.82) is 0 Å². The molecule has 1 aliphatic rings. The summed E-state index contributed by atoms with van der Waals surface area (Å²) in [7, 11) is 1.57. The SMILES string of the molecule is COc1ccc(NC(=O)[C@@H]2CC(=O)N(Cc3ccccc3)C(=Nc3ccc(F)cc3)S2)cc1. The van der Waals surface area contributed by atoms with Gasteiger partial charge < -0.3 is 10.1 Å². The third-order valence-electron chi connectivity index (χ3n) is 5.02. The van der Waals surface area contributed by atoms with Crippen LogP contribution >= 0.6 is 11.8 Å². The molecule has 168 valence electrons. The zero-order chi connectivity index (χ0) is 23.2. The lowest BCUT2D eigenvalue weighted by Crippen LogP contribution is -2.44. The first-order valence-electron chi connectivity index (χ1n) is 10.3. The first kappa shape index (κ1) is 22.5. The second-order valence-corrected chi connectivity index (χ2v) is 8.53. The van der Waals surface area contributed by atoms with Crippen molar-refractivity contribution in [3.05, 3.63) is 90.2 Å². The van der Waals surface area contributed by atoms with Gasteiger partial charge in [0.1, 0.15) is 16.8 Å². The standard InChI is InChI=1S/C25H22FN3O3S/c1-32-21-13-11-19(12-14-21)27-24(31)22-15-23(30)29(16-17-5-3-2-4-6-17)25(33-22)28-20-9-7-18(26)8-10-20/h2-14,22H,15-16H2,1H3,(H,27,31)/t22-/m0/s1. The number of halogens is 1. The Kier molecular flexibility index (Phi) is 7.04. The van der Waals surface area contributed by atoms with Gasteiger partial charge in [-0.3, -0.25) is 14.5 Å². The predicted molar refractivity (Wildman–Crippen MR) is 128 cm³/mol. The summed E-state index contributed by atoms with van der Waals surface area (Å²) in [6.45, 7) is 0.333.